The zero-order valence-electron chi connectivity index (χ0n) is 16.2. The lowest BCUT2D eigenvalue weighted by molar-refractivity contribution is -0.385. The number of para-hydroxylation sites is 3. The molecule has 0 spiro atoms. The zero-order chi connectivity index (χ0) is 21.1. The maximum atomic E-state index is 12.8. The largest absolute Gasteiger partial charge is 0.486 e. The quantitative estimate of drug-likeness (QED) is 0.184. The molecule has 0 amide bonds. The lowest BCUT2D eigenvalue weighted by Gasteiger charge is -2.10. The maximum absolute atomic E-state index is 12.8. The summed E-state index contributed by atoms with van der Waals surface area (Å²) in [5, 5.41) is 20.9. The van der Waals surface area contributed by atoms with Crippen LogP contribution in [0.25, 0.3) is 16.7 Å². The molecular formula is C20H19N5O4S. The van der Waals surface area contributed by atoms with Gasteiger partial charge in [0.1, 0.15) is 0 Å². The Morgan fingerprint density at radius 3 is 2.70 bits per heavy atom. The van der Waals surface area contributed by atoms with Crippen LogP contribution in [0.5, 0.6) is 5.75 Å². The van der Waals surface area contributed by atoms with Crippen LogP contribution in [0.15, 0.2) is 58.5 Å². The molecular weight excluding hydrogens is 406 g/mol. The van der Waals surface area contributed by atoms with Crippen molar-refractivity contribution in [3.8, 4) is 5.75 Å². The highest BCUT2D eigenvalue weighted by Gasteiger charge is 2.17. The van der Waals surface area contributed by atoms with Gasteiger partial charge in [0.2, 0.25) is 5.78 Å². The predicted molar refractivity (Wildman–Crippen MR) is 114 cm³/mol. The van der Waals surface area contributed by atoms with E-state index in [0.717, 1.165) is 11.9 Å². The zero-order valence-corrected chi connectivity index (χ0v) is 17.0. The van der Waals surface area contributed by atoms with Gasteiger partial charge >= 0.3 is 5.69 Å². The summed E-state index contributed by atoms with van der Waals surface area (Å²) in [4.78, 5) is 23.5. The van der Waals surface area contributed by atoms with Gasteiger partial charge in [0.05, 0.1) is 22.4 Å². The van der Waals surface area contributed by atoms with Gasteiger partial charge in [0.25, 0.3) is 5.56 Å². The van der Waals surface area contributed by atoms with E-state index < -0.39 is 4.92 Å². The van der Waals surface area contributed by atoms with E-state index in [4.69, 9.17) is 4.74 Å². The molecule has 9 nitrogen and oxygen atoms in total. The van der Waals surface area contributed by atoms with Crippen LogP contribution in [0, 0.1) is 10.1 Å². The second-order valence-electron chi connectivity index (χ2n) is 6.51. The highest BCUT2D eigenvalue weighted by Crippen LogP contribution is 2.27. The van der Waals surface area contributed by atoms with E-state index in [1.165, 1.54) is 17.8 Å². The Kier molecular flexibility index (Phi) is 5.66. The number of hydrogen-bond acceptors (Lipinski definition) is 7. The number of nitro benzene ring substituents is 1. The van der Waals surface area contributed by atoms with Crippen molar-refractivity contribution in [1.82, 2.24) is 19.2 Å². The van der Waals surface area contributed by atoms with E-state index in [2.05, 4.69) is 10.2 Å². The van der Waals surface area contributed by atoms with Crippen LogP contribution in [-0.4, -0.2) is 36.4 Å². The van der Waals surface area contributed by atoms with Crippen molar-refractivity contribution in [2.75, 3.05) is 12.4 Å². The third-order valence-corrected chi connectivity index (χ3v) is 5.45. The molecule has 0 radical (unpaired) electrons. The lowest BCUT2D eigenvalue weighted by atomic mass is 10.2. The third-order valence-electron chi connectivity index (χ3n) is 4.56. The molecule has 0 aliphatic rings. The smallest absolute Gasteiger partial charge is 0.310 e. The molecule has 0 fully saturated rings. The van der Waals surface area contributed by atoms with Gasteiger partial charge in [-0.1, -0.05) is 43.0 Å². The van der Waals surface area contributed by atoms with Crippen molar-refractivity contribution in [1.29, 1.82) is 0 Å². The number of thioether (sulfide) groups is 1. The van der Waals surface area contributed by atoms with Gasteiger partial charge < -0.3 is 4.74 Å². The fraction of sp³-hybridized carbons (Fsp3) is 0.250. The third kappa shape index (κ3) is 3.61. The van der Waals surface area contributed by atoms with Crippen LogP contribution in [0.2, 0.25) is 0 Å². The SMILES string of the molecule is CCCn1c(=O)c2ccccc2n2c(SCCOc3ccccc3[N+](=O)[O-])nnc12. The van der Waals surface area contributed by atoms with Gasteiger partial charge in [-0.05, 0) is 24.6 Å². The predicted octanol–water partition coefficient (Wildman–Crippen LogP) is 3.53. The Morgan fingerprint density at radius 2 is 1.90 bits per heavy atom. The number of ether oxygens (including phenoxy) is 1. The van der Waals surface area contributed by atoms with E-state index in [1.54, 1.807) is 28.8 Å². The molecule has 0 atom stereocenters. The molecule has 0 aliphatic heterocycles. The second kappa shape index (κ2) is 8.54. The van der Waals surface area contributed by atoms with Crippen molar-refractivity contribution >= 4 is 34.1 Å². The summed E-state index contributed by atoms with van der Waals surface area (Å²) in [5.74, 6) is 1.24. The highest BCUT2D eigenvalue weighted by atomic mass is 32.2. The van der Waals surface area contributed by atoms with E-state index in [9.17, 15) is 14.9 Å². The molecule has 30 heavy (non-hydrogen) atoms. The van der Waals surface area contributed by atoms with E-state index >= 15 is 0 Å². The Morgan fingerprint density at radius 1 is 1.13 bits per heavy atom. The van der Waals surface area contributed by atoms with Crippen LogP contribution in [-0.2, 0) is 6.54 Å². The summed E-state index contributed by atoms with van der Waals surface area (Å²) < 4.78 is 9.12. The summed E-state index contributed by atoms with van der Waals surface area (Å²) in [7, 11) is 0. The lowest BCUT2D eigenvalue weighted by Crippen LogP contribution is -2.23. The number of aryl methyl sites for hydroxylation is 1. The summed E-state index contributed by atoms with van der Waals surface area (Å²) in [5.41, 5.74) is 0.602. The van der Waals surface area contributed by atoms with Gasteiger partial charge in [-0.3, -0.25) is 23.9 Å². The molecule has 2 aromatic heterocycles. The average molecular weight is 425 g/mol. The van der Waals surface area contributed by atoms with Crippen LogP contribution in [0.4, 0.5) is 5.69 Å². The monoisotopic (exact) mass is 425 g/mol. The first-order valence-electron chi connectivity index (χ1n) is 9.47. The Hall–Kier alpha value is -3.40. The van der Waals surface area contributed by atoms with Crippen molar-refractivity contribution in [2.45, 2.75) is 25.0 Å². The number of aromatic nitrogens is 4. The van der Waals surface area contributed by atoms with E-state index in [0.29, 0.717) is 28.6 Å². The van der Waals surface area contributed by atoms with Crippen LogP contribution in [0.1, 0.15) is 13.3 Å². The van der Waals surface area contributed by atoms with Crippen molar-refractivity contribution < 1.29 is 9.66 Å². The summed E-state index contributed by atoms with van der Waals surface area (Å²) >= 11 is 1.42. The first-order chi connectivity index (χ1) is 14.6. The van der Waals surface area contributed by atoms with E-state index in [-0.39, 0.29) is 23.6 Å². The molecule has 4 rings (SSSR count). The molecule has 0 saturated heterocycles. The minimum Gasteiger partial charge on any atom is -0.486 e. The fourth-order valence-corrected chi connectivity index (χ4v) is 4.02. The van der Waals surface area contributed by atoms with Gasteiger partial charge in [0, 0.05) is 18.4 Å². The second-order valence-corrected chi connectivity index (χ2v) is 7.58. The average Bonchev–Trinajstić information content (AvgIpc) is 3.18. The Labute approximate surface area is 175 Å². The van der Waals surface area contributed by atoms with Crippen molar-refractivity contribution in [3.05, 3.63) is 69.0 Å². The van der Waals surface area contributed by atoms with Crippen LogP contribution >= 0.6 is 11.8 Å². The van der Waals surface area contributed by atoms with Gasteiger partial charge in [-0.25, -0.2) is 0 Å². The first-order valence-corrected chi connectivity index (χ1v) is 10.5. The molecule has 10 heteroatoms. The van der Waals surface area contributed by atoms with Crippen molar-refractivity contribution in [2.24, 2.45) is 0 Å². The number of nitro groups is 1. The number of nitrogens with zero attached hydrogens (tertiary/aromatic N) is 5. The first kappa shape index (κ1) is 19.9. The maximum Gasteiger partial charge on any atom is 0.310 e. The molecule has 154 valence electrons. The Bertz CT molecular complexity index is 1280. The molecule has 2 heterocycles. The molecule has 0 aliphatic carbocycles. The minimum atomic E-state index is -0.465. The summed E-state index contributed by atoms with van der Waals surface area (Å²) in [6, 6.07) is 13.7. The molecule has 0 saturated carbocycles. The standard InChI is InChI=1S/C20H19N5O4S/c1-2-11-23-18(26)14-7-3-4-8-15(14)24-19(23)21-22-20(24)30-13-12-29-17-10-6-5-9-16(17)25(27)28/h3-10H,2,11-13H2,1H3. The van der Waals surface area contributed by atoms with Crippen molar-refractivity contribution in [3.63, 3.8) is 0 Å². The summed E-state index contributed by atoms with van der Waals surface area (Å²) in [6.45, 7) is 2.82. The molecule has 2 aromatic carbocycles. The molecule has 0 unspecified atom stereocenters. The van der Waals surface area contributed by atoms with Gasteiger partial charge in [0.15, 0.2) is 10.9 Å². The molecule has 0 N–H and O–H groups in total. The minimum absolute atomic E-state index is 0.0648. The summed E-state index contributed by atoms with van der Waals surface area (Å²) in [6.07, 6.45) is 0.799. The fourth-order valence-electron chi connectivity index (χ4n) is 3.27. The normalized spacial score (nSPS) is 11.2. The number of hydrogen-bond donors (Lipinski definition) is 0. The number of benzene rings is 2. The molecule has 4 aromatic rings. The molecule has 0 bridgehead atoms. The van der Waals surface area contributed by atoms with Gasteiger partial charge in [-0.2, -0.15) is 0 Å². The topological polar surface area (TPSA) is 105 Å². The number of rotatable bonds is 8. The van der Waals surface area contributed by atoms with Crippen LogP contribution < -0.4 is 10.3 Å². The van der Waals surface area contributed by atoms with Crippen LogP contribution in [0.3, 0.4) is 0 Å². The highest BCUT2D eigenvalue weighted by molar-refractivity contribution is 7.99. The van der Waals surface area contributed by atoms with Gasteiger partial charge in [-0.15, -0.1) is 10.2 Å². The Balaban J connectivity index is 1.60. The number of fused-ring (bicyclic) bond motifs is 3. The van der Waals surface area contributed by atoms with E-state index in [1.807, 2.05) is 29.5 Å².